The van der Waals surface area contributed by atoms with Gasteiger partial charge >= 0.3 is 0 Å². The molecule has 6 heteroatoms. The summed E-state index contributed by atoms with van der Waals surface area (Å²) in [6, 6.07) is 2.14. The van der Waals surface area contributed by atoms with Crippen LogP contribution in [0.25, 0.3) is 0 Å². The quantitative estimate of drug-likeness (QED) is 0.883. The van der Waals surface area contributed by atoms with Crippen LogP contribution in [0.5, 0.6) is 0 Å². The van der Waals surface area contributed by atoms with Crippen LogP contribution in [-0.2, 0) is 6.42 Å². The van der Waals surface area contributed by atoms with Gasteiger partial charge in [0.2, 0.25) is 5.95 Å². The number of thiophene rings is 1. The number of rotatable bonds is 5. The van der Waals surface area contributed by atoms with Crippen molar-refractivity contribution in [2.75, 3.05) is 31.6 Å². The van der Waals surface area contributed by atoms with E-state index in [2.05, 4.69) is 42.2 Å². The summed E-state index contributed by atoms with van der Waals surface area (Å²) >= 11 is 1.72. The Bertz CT molecular complexity index is 513. The number of hydrogen-bond donors (Lipinski definition) is 2. The molecule has 0 amide bonds. The first-order valence-electron chi connectivity index (χ1n) is 7.17. The van der Waals surface area contributed by atoms with Crippen LogP contribution in [0.15, 0.2) is 16.8 Å². The van der Waals surface area contributed by atoms with E-state index < -0.39 is 0 Å². The molecule has 0 atom stereocenters. The van der Waals surface area contributed by atoms with E-state index in [1.165, 1.54) is 18.4 Å². The van der Waals surface area contributed by atoms with Crippen molar-refractivity contribution in [3.05, 3.63) is 28.2 Å². The summed E-state index contributed by atoms with van der Waals surface area (Å²) in [4.78, 5) is 6.92. The van der Waals surface area contributed by atoms with Crippen molar-refractivity contribution in [2.45, 2.75) is 19.3 Å². The zero-order valence-corrected chi connectivity index (χ0v) is 12.6. The Balaban J connectivity index is 1.57. The van der Waals surface area contributed by atoms with E-state index in [1.54, 1.807) is 11.3 Å². The van der Waals surface area contributed by atoms with E-state index in [1.807, 2.05) is 7.05 Å². The lowest BCUT2D eigenvalue weighted by molar-refractivity contribution is 0.391. The fourth-order valence-electron chi connectivity index (χ4n) is 2.72. The van der Waals surface area contributed by atoms with Gasteiger partial charge in [-0.1, -0.05) is 0 Å². The molecule has 1 fully saturated rings. The van der Waals surface area contributed by atoms with Crippen LogP contribution in [0, 0.1) is 5.92 Å². The highest BCUT2D eigenvalue weighted by Gasteiger charge is 2.21. The van der Waals surface area contributed by atoms with E-state index in [4.69, 9.17) is 0 Å². The molecule has 0 spiro atoms. The van der Waals surface area contributed by atoms with E-state index in [-0.39, 0.29) is 0 Å². The van der Waals surface area contributed by atoms with Gasteiger partial charge in [0, 0.05) is 19.5 Å². The second kappa shape index (κ2) is 6.37. The summed E-state index contributed by atoms with van der Waals surface area (Å²) in [7, 11) is 2.03. The summed E-state index contributed by atoms with van der Waals surface area (Å²) in [5.41, 5.74) is 1.30. The van der Waals surface area contributed by atoms with Gasteiger partial charge in [-0.25, -0.2) is 0 Å². The van der Waals surface area contributed by atoms with Gasteiger partial charge < -0.3 is 10.2 Å². The minimum Gasteiger partial charge on any atom is -0.340 e. The Hall–Kier alpha value is -1.40. The first kappa shape index (κ1) is 13.6. The summed E-state index contributed by atoms with van der Waals surface area (Å²) < 4.78 is 0. The smallest absolute Gasteiger partial charge is 0.244 e. The Morgan fingerprint density at radius 2 is 2.30 bits per heavy atom. The lowest BCUT2D eigenvalue weighted by Crippen LogP contribution is -2.37. The Kier molecular flexibility index (Phi) is 4.32. The highest BCUT2D eigenvalue weighted by molar-refractivity contribution is 7.07. The summed E-state index contributed by atoms with van der Waals surface area (Å²) in [6.07, 6.45) is 3.28. The minimum absolute atomic E-state index is 0.792. The monoisotopic (exact) mass is 291 g/mol. The van der Waals surface area contributed by atoms with Crippen LogP contribution in [0.1, 0.15) is 24.2 Å². The fourth-order valence-corrected chi connectivity index (χ4v) is 3.39. The summed E-state index contributed by atoms with van der Waals surface area (Å²) in [5.74, 6) is 2.61. The largest absolute Gasteiger partial charge is 0.340 e. The maximum absolute atomic E-state index is 4.63. The molecule has 1 saturated heterocycles. The number of piperidine rings is 1. The molecular formula is C14H21N5S. The van der Waals surface area contributed by atoms with Crippen molar-refractivity contribution in [1.29, 1.82) is 0 Å². The van der Waals surface area contributed by atoms with Gasteiger partial charge in [0.1, 0.15) is 5.82 Å². The van der Waals surface area contributed by atoms with Gasteiger partial charge in [-0.3, -0.25) is 5.10 Å². The third-order valence-corrected chi connectivity index (χ3v) is 4.59. The molecule has 0 unspecified atom stereocenters. The number of nitrogens with zero attached hydrogens (tertiary/aromatic N) is 3. The van der Waals surface area contributed by atoms with Crippen molar-refractivity contribution in [3.63, 3.8) is 0 Å². The van der Waals surface area contributed by atoms with Crippen molar-refractivity contribution in [3.8, 4) is 0 Å². The molecule has 2 aromatic rings. The van der Waals surface area contributed by atoms with E-state index in [9.17, 15) is 0 Å². The van der Waals surface area contributed by atoms with Crippen LogP contribution in [-0.4, -0.2) is 41.9 Å². The molecular weight excluding hydrogens is 270 g/mol. The van der Waals surface area contributed by atoms with Crippen molar-refractivity contribution < 1.29 is 0 Å². The lowest BCUT2D eigenvalue weighted by atomic mass is 9.97. The number of aromatic amines is 1. The van der Waals surface area contributed by atoms with Crippen LogP contribution >= 0.6 is 11.3 Å². The standard InChI is InChI=1S/C14H21N5S/c1-15-9-11-2-5-19(6-3-11)14-16-13(17-18-14)8-12-4-7-20-10-12/h4,7,10-11,15H,2-3,5-6,8-9H2,1H3,(H,16,17,18). The van der Waals surface area contributed by atoms with Crippen molar-refractivity contribution in [1.82, 2.24) is 20.5 Å². The second-order valence-corrected chi connectivity index (χ2v) is 6.16. The number of hydrogen-bond acceptors (Lipinski definition) is 5. The molecule has 3 heterocycles. The first-order valence-corrected chi connectivity index (χ1v) is 8.11. The number of aromatic nitrogens is 3. The number of H-pyrrole nitrogens is 1. The Labute approximate surface area is 123 Å². The van der Waals surface area contributed by atoms with Crippen LogP contribution in [0.4, 0.5) is 5.95 Å². The molecule has 1 aliphatic heterocycles. The maximum Gasteiger partial charge on any atom is 0.244 e. The lowest BCUT2D eigenvalue weighted by Gasteiger charge is -2.30. The molecule has 20 heavy (non-hydrogen) atoms. The molecule has 0 bridgehead atoms. The average Bonchev–Trinajstić information content (AvgIpc) is 3.12. The zero-order valence-electron chi connectivity index (χ0n) is 11.8. The number of anilines is 1. The van der Waals surface area contributed by atoms with Gasteiger partial charge in [0.25, 0.3) is 0 Å². The Morgan fingerprint density at radius 1 is 1.45 bits per heavy atom. The van der Waals surface area contributed by atoms with Gasteiger partial charge in [0.15, 0.2) is 0 Å². The van der Waals surface area contributed by atoms with Crippen LogP contribution < -0.4 is 10.2 Å². The molecule has 3 rings (SSSR count). The van der Waals surface area contributed by atoms with Crippen LogP contribution in [0.3, 0.4) is 0 Å². The van der Waals surface area contributed by atoms with E-state index in [0.29, 0.717) is 0 Å². The first-order chi connectivity index (χ1) is 9.85. The highest BCUT2D eigenvalue weighted by Crippen LogP contribution is 2.20. The predicted octanol–water partition coefficient (Wildman–Crippen LogP) is 1.89. The molecule has 2 aromatic heterocycles. The Morgan fingerprint density at radius 3 is 3.00 bits per heavy atom. The molecule has 108 valence electrons. The molecule has 0 radical (unpaired) electrons. The minimum atomic E-state index is 0.792. The fraction of sp³-hybridized carbons (Fsp3) is 0.571. The van der Waals surface area contributed by atoms with Crippen molar-refractivity contribution >= 4 is 17.3 Å². The third kappa shape index (κ3) is 3.19. The maximum atomic E-state index is 4.63. The van der Waals surface area contributed by atoms with Gasteiger partial charge in [0.05, 0.1) is 0 Å². The molecule has 1 aliphatic rings. The molecule has 0 aromatic carbocycles. The van der Waals surface area contributed by atoms with Crippen LogP contribution in [0.2, 0.25) is 0 Å². The summed E-state index contributed by atoms with van der Waals surface area (Å²) in [6.45, 7) is 3.23. The van der Waals surface area contributed by atoms with Crippen molar-refractivity contribution in [2.24, 2.45) is 5.92 Å². The molecule has 5 nitrogen and oxygen atoms in total. The third-order valence-electron chi connectivity index (χ3n) is 3.86. The number of nitrogens with one attached hydrogen (secondary N) is 2. The normalized spacial score (nSPS) is 16.8. The predicted molar refractivity (Wildman–Crippen MR) is 82.4 cm³/mol. The second-order valence-electron chi connectivity index (χ2n) is 5.38. The van der Waals surface area contributed by atoms with Gasteiger partial charge in [-0.2, -0.15) is 16.3 Å². The van der Waals surface area contributed by atoms with Gasteiger partial charge in [-0.05, 0) is 54.7 Å². The molecule has 0 saturated carbocycles. The summed E-state index contributed by atoms with van der Waals surface area (Å²) in [5, 5.41) is 15.0. The van der Waals surface area contributed by atoms with Gasteiger partial charge in [-0.15, -0.1) is 5.10 Å². The average molecular weight is 291 g/mol. The topological polar surface area (TPSA) is 56.8 Å². The van der Waals surface area contributed by atoms with E-state index in [0.717, 1.165) is 43.7 Å². The zero-order chi connectivity index (χ0) is 13.8. The SMILES string of the molecule is CNCC1CCN(c2n[nH]c(Cc3ccsc3)n2)CC1. The molecule has 0 aliphatic carbocycles. The van der Waals surface area contributed by atoms with E-state index >= 15 is 0 Å². The molecule has 2 N–H and O–H groups in total. The highest BCUT2D eigenvalue weighted by atomic mass is 32.1.